The average Bonchev–Trinajstić information content (AvgIpc) is 2.55. The van der Waals surface area contributed by atoms with Crippen LogP contribution in [-0.4, -0.2) is 29.9 Å². The first-order chi connectivity index (χ1) is 7.33. The fourth-order valence-corrected chi connectivity index (χ4v) is 2.29. The summed E-state index contributed by atoms with van der Waals surface area (Å²) in [5, 5.41) is 0. The van der Waals surface area contributed by atoms with E-state index >= 15 is 0 Å². The molecule has 0 aliphatic carbocycles. The highest BCUT2D eigenvalue weighted by Crippen LogP contribution is 2.26. The number of hydrogen-bond acceptors (Lipinski definition) is 2. The van der Waals surface area contributed by atoms with Gasteiger partial charge in [0.15, 0.2) is 0 Å². The third kappa shape index (κ3) is 5.26. The second kappa shape index (κ2) is 6.60. The van der Waals surface area contributed by atoms with Crippen LogP contribution in [0.5, 0.6) is 0 Å². The smallest absolute Gasteiger partial charge is 0.222 e. The molecule has 0 radical (unpaired) electrons. The van der Waals surface area contributed by atoms with Crippen LogP contribution in [0.3, 0.4) is 0 Å². The van der Waals surface area contributed by atoms with Crippen LogP contribution in [0, 0.1) is 11.3 Å². The highest BCUT2D eigenvalue weighted by atomic mass is 35.5. The lowest BCUT2D eigenvalue weighted by Gasteiger charge is -2.24. The molecule has 1 heterocycles. The van der Waals surface area contributed by atoms with Crippen molar-refractivity contribution in [3.05, 3.63) is 0 Å². The zero-order valence-corrected chi connectivity index (χ0v) is 12.3. The van der Waals surface area contributed by atoms with Gasteiger partial charge in [0, 0.05) is 19.0 Å². The zero-order chi connectivity index (χ0) is 12.3. The molecule has 2 atom stereocenters. The number of nitrogens with two attached hydrogens (primary N) is 1. The number of halogens is 1. The zero-order valence-electron chi connectivity index (χ0n) is 11.5. The van der Waals surface area contributed by atoms with Gasteiger partial charge in [-0.25, -0.2) is 0 Å². The van der Waals surface area contributed by atoms with E-state index in [2.05, 4.69) is 27.7 Å². The fourth-order valence-electron chi connectivity index (χ4n) is 2.29. The summed E-state index contributed by atoms with van der Waals surface area (Å²) in [6.07, 6.45) is 2.70. The van der Waals surface area contributed by atoms with Crippen LogP contribution in [0.25, 0.3) is 0 Å². The van der Waals surface area contributed by atoms with Gasteiger partial charge in [-0.3, -0.25) is 4.79 Å². The molecule has 0 aromatic carbocycles. The Hall–Kier alpha value is -0.280. The molecule has 0 bridgehead atoms. The molecule has 0 saturated carbocycles. The summed E-state index contributed by atoms with van der Waals surface area (Å²) >= 11 is 0. The molecule has 1 aliphatic rings. The molecule has 1 saturated heterocycles. The van der Waals surface area contributed by atoms with E-state index in [1.54, 1.807) is 0 Å². The molecule has 1 aliphatic heterocycles. The third-order valence-corrected chi connectivity index (χ3v) is 3.40. The van der Waals surface area contributed by atoms with Gasteiger partial charge < -0.3 is 10.6 Å². The monoisotopic (exact) mass is 262 g/mol. The van der Waals surface area contributed by atoms with E-state index in [9.17, 15) is 4.79 Å². The summed E-state index contributed by atoms with van der Waals surface area (Å²) in [4.78, 5) is 14.1. The van der Waals surface area contributed by atoms with E-state index in [0.717, 1.165) is 19.4 Å². The first kappa shape index (κ1) is 16.7. The maximum Gasteiger partial charge on any atom is 0.222 e. The van der Waals surface area contributed by atoms with Gasteiger partial charge in [-0.05, 0) is 37.6 Å². The Morgan fingerprint density at radius 1 is 1.41 bits per heavy atom. The largest absolute Gasteiger partial charge is 0.340 e. The van der Waals surface area contributed by atoms with E-state index in [-0.39, 0.29) is 17.8 Å². The van der Waals surface area contributed by atoms with Crippen LogP contribution < -0.4 is 5.73 Å². The number of rotatable bonds is 3. The first-order valence-electron chi connectivity index (χ1n) is 6.33. The first-order valence-corrected chi connectivity index (χ1v) is 6.33. The summed E-state index contributed by atoms with van der Waals surface area (Å²) < 4.78 is 0. The molecule has 4 heteroatoms. The third-order valence-electron chi connectivity index (χ3n) is 3.40. The van der Waals surface area contributed by atoms with Crippen molar-refractivity contribution in [2.24, 2.45) is 17.1 Å². The minimum atomic E-state index is 0. The molecule has 0 spiro atoms. The molecular weight excluding hydrogens is 236 g/mol. The topological polar surface area (TPSA) is 46.3 Å². The van der Waals surface area contributed by atoms with Crippen LogP contribution in [0.4, 0.5) is 0 Å². The lowest BCUT2D eigenvalue weighted by atomic mass is 9.90. The minimum Gasteiger partial charge on any atom is -0.340 e. The second-order valence-electron chi connectivity index (χ2n) is 6.29. The Morgan fingerprint density at radius 2 is 2.00 bits per heavy atom. The summed E-state index contributed by atoms with van der Waals surface area (Å²) in [6, 6.07) is 0.376. The van der Waals surface area contributed by atoms with Gasteiger partial charge >= 0.3 is 0 Å². The number of nitrogens with zero attached hydrogens (tertiary/aromatic N) is 1. The Kier molecular flexibility index (Phi) is 6.49. The van der Waals surface area contributed by atoms with Crippen LogP contribution in [0.15, 0.2) is 0 Å². The lowest BCUT2D eigenvalue weighted by Crippen LogP contribution is -2.34. The molecule has 2 unspecified atom stereocenters. The van der Waals surface area contributed by atoms with Crippen molar-refractivity contribution in [1.29, 1.82) is 0 Å². The van der Waals surface area contributed by atoms with Gasteiger partial charge in [-0.1, -0.05) is 20.8 Å². The molecular formula is C13H27ClN2O. The van der Waals surface area contributed by atoms with Gasteiger partial charge in [0.2, 0.25) is 5.91 Å². The number of hydrogen-bond donors (Lipinski definition) is 1. The summed E-state index contributed by atoms with van der Waals surface area (Å²) in [6.45, 7) is 10.2. The maximum absolute atomic E-state index is 12.0. The number of likely N-dealkylation sites (tertiary alicyclic amines) is 1. The highest BCUT2D eigenvalue weighted by molar-refractivity contribution is 5.85. The molecule has 0 aromatic heterocycles. The predicted octanol–water partition coefficient (Wildman–Crippen LogP) is 2.43. The molecule has 2 N–H and O–H groups in total. The fraction of sp³-hybridized carbons (Fsp3) is 0.923. The molecule has 1 rings (SSSR count). The Morgan fingerprint density at radius 3 is 2.41 bits per heavy atom. The van der Waals surface area contributed by atoms with E-state index in [4.69, 9.17) is 5.73 Å². The molecule has 17 heavy (non-hydrogen) atoms. The Labute approximate surface area is 112 Å². The second-order valence-corrected chi connectivity index (χ2v) is 6.29. The van der Waals surface area contributed by atoms with Crippen LogP contribution in [-0.2, 0) is 4.79 Å². The summed E-state index contributed by atoms with van der Waals surface area (Å²) in [5.41, 5.74) is 5.91. The van der Waals surface area contributed by atoms with Gasteiger partial charge in [0.05, 0.1) is 0 Å². The maximum atomic E-state index is 12.0. The quantitative estimate of drug-likeness (QED) is 0.849. The Bertz CT molecular complexity index is 250. The van der Waals surface area contributed by atoms with Crippen molar-refractivity contribution in [3.63, 3.8) is 0 Å². The summed E-state index contributed by atoms with van der Waals surface area (Å²) in [5.74, 6) is 0.812. The molecule has 3 nitrogen and oxygen atoms in total. The predicted molar refractivity (Wildman–Crippen MR) is 74.3 cm³/mol. The Balaban J connectivity index is 0.00000256. The van der Waals surface area contributed by atoms with Crippen LogP contribution in [0.2, 0.25) is 0 Å². The molecule has 102 valence electrons. The number of carbonyl (C=O) groups is 1. The number of carbonyl (C=O) groups excluding carboxylic acids is 1. The van der Waals surface area contributed by atoms with E-state index < -0.39 is 0 Å². The normalized spacial score (nSPS) is 24.6. The van der Waals surface area contributed by atoms with Crippen molar-refractivity contribution >= 4 is 18.3 Å². The molecule has 0 aromatic rings. The highest BCUT2D eigenvalue weighted by Gasteiger charge is 2.31. The van der Waals surface area contributed by atoms with Crippen molar-refractivity contribution in [3.8, 4) is 0 Å². The summed E-state index contributed by atoms with van der Waals surface area (Å²) in [7, 11) is 0. The standard InChI is InChI=1S/C13H26N2O.ClH/c1-10-7-11(8-14)9-15(10)12(16)5-6-13(2,3)4;/h10-11H,5-9,14H2,1-4H3;1H. The van der Waals surface area contributed by atoms with E-state index in [1.165, 1.54) is 0 Å². The van der Waals surface area contributed by atoms with Crippen LogP contribution >= 0.6 is 12.4 Å². The van der Waals surface area contributed by atoms with Gasteiger partial charge in [0.25, 0.3) is 0 Å². The lowest BCUT2D eigenvalue weighted by molar-refractivity contribution is -0.132. The van der Waals surface area contributed by atoms with Gasteiger partial charge in [-0.2, -0.15) is 0 Å². The van der Waals surface area contributed by atoms with Crippen molar-refractivity contribution < 1.29 is 4.79 Å². The molecule has 1 fully saturated rings. The van der Waals surface area contributed by atoms with Crippen molar-refractivity contribution in [1.82, 2.24) is 4.90 Å². The van der Waals surface area contributed by atoms with E-state index in [0.29, 0.717) is 30.8 Å². The number of amides is 1. The molecule has 1 amide bonds. The van der Waals surface area contributed by atoms with Crippen LogP contribution in [0.1, 0.15) is 47.0 Å². The van der Waals surface area contributed by atoms with Gasteiger partial charge in [0.1, 0.15) is 0 Å². The minimum absolute atomic E-state index is 0. The van der Waals surface area contributed by atoms with Crippen molar-refractivity contribution in [2.45, 2.75) is 53.0 Å². The SMILES string of the molecule is CC1CC(CN)CN1C(=O)CCC(C)(C)C.Cl. The average molecular weight is 263 g/mol. The van der Waals surface area contributed by atoms with Gasteiger partial charge in [-0.15, -0.1) is 12.4 Å². The van der Waals surface area contributed by atoms with E-state index in [1.807, 2.05) is 4.90 Å². The van der Waals surface area contributed by atoms with Crippen molar-refractivity contribution in [2.75, 3.05) is 13.1 Å².